The summed E-state index contributed by atoms with van der Waals surface area (Å²) in [7, 11) is 1.38. The first-order chi connectivity index (χ1) is 12.8. The predicted molar refractivity (Wildman–Crippen MR) is 101 cm³/mol. The van der Waals surface area contributed by atoms with Crippen molar-refractivity contribution >= 4 is 11.9 Å². The van der Waals surface area contributed by atoms with Gasteiger partial charge in [-0.25, -0.2) is 9.59 Å². The summed E-state index contributed by atoms with van der Waals surface area (Å²) in [6.07, 6.45) is 4.24. The highest BCUT2D eigenvalue weighted by Gasteiger charge is 2.44. The lowest BCUT2D eigenvalue weighted by Crippen LogP contribution is -2.35. The van der Waals surface area contributed by atoms with Gasteiger partial charge in [0.05, 0.1) is 18.1 Å². The number of aliphatic hydroxyl groups is 1. The SMILES string of the molecule is C=C1C(=O)O[C@@H]2/C=C(\C)CC/C=C(\C)C[C@@H](OC(=O)C(=C)[C@H](CO)OC)[C@@H]12. The number of ether oxygens (including phenoxy) is 3. The van der Waals surface area contributed by atoms with Gasteiger partial charge >= 0.3 is 11.9 Å². The van der Waals surface area contributed by atoms with Crippen LogP contribution in [0.1, 0.15) is 33.1 Å². The predicted octanol–water partition coefficient (Wildman–Crippen LogP) is 2.64. The lowest BCUT2D eigenvalue weighted by molar-refractivity contribution is -0.148. The first-order valence-electron chi connectivity index (χ1n) is 9.04. The van der Waals surface area contributed by atoms with E-state index >= 15 is 0 Å². The van der Waals surface area contributed by atoms with Crippen molar-refractivity contribution in [3.05, 3.63) is 47.6 Å². The third kappa shape index (κ3) is 4.96. The minimum atomic E-state index is -0.837. The highest BCUT2D eigenvalue weighted by Crippen LogP contribution is 2.36. The molecule has 0 radical (unpaired) electrons. The van der Waals surface area contributed by atoms with E-state index in [1.54, 1.807) is 0 Å². The van der Waals surface area contributed by atoms with Crippen LogP contribution in [0.4, 0.5) is 0 Å². The molecule has 6 heteroatoms. The van der Waals surface area contributed by atoms with Gasteiger partial charge in [-0.1, -0.05) is 30.4 Å². The third-order valence-corrected chi connectivity index (χ3v) is 5.03. The highest BCUT2D eigenvalue weighted by molar-refractivity contribution is 5.92. The van der Waals surface area contributed by atoms with Crippen LogP contribution in [-0.2, 0) is 23.8 Å². The van der Waals surface area contributed by atoms with E-state index < -0.39 is 36.2 Å². The van der Waals surface area contributed by atoms with Crippen molar-refractivity contribution in [1.82, 2.24) is 0 Å². The Morgan fingerprint density at radius 2 is 2.11 bits per heavy atom. The van der Waals surface area contributed by atoms with E-state index in [1.165, 1.54) is 7.11 Å². The molecule has 2 aliphatic rings. The Labute approximate surface area is 160 Å². The fraction of sp³-hybridized carbons (Fsp3) is 0.524. The van der Waals surface area contributed by atoms with E-state index in [-0.39, 0.29) is 12.2 Å². The van der Waals surface area contributed by atoms with Crippen LogP contribution in [0.15, 0.2) is 47.6 Å². The molecule has 1 aliphatic heterocycles. The topological polar surface area (TPSA) is 82.1 Å². The molecule has 0 bridgehead atoms. The Morgan fingerprint density at radius 3 is 2.74 bits per heavy atom. The quantitative estimate of drug-likeness (QED) is 0.451. The molecule has 0 spiro atoms. The van der Waals surface area contributed by atoms with Gasteiger partial charge in [-0.15, -0.1) is 0 Å². The molecule has 1 fully saturated rings. The number of rotatable bonds is 5. The normalized spacial score (nSPS) is 30.9. The average Bonchev–Trinajstić information content (AvgIpc) is 2.88. The zero-order valence-electron chi connectivity index (χ0n) is 16.2. The second-order valence-corrected chi connectivity index (χ2v) is 7.10. The molecule has 0 aromatic carbocycles. The Balaban J connectivity index is 2.32. The summed E-state index contributed by atoms with van der Waals surface area (Å²) in [6, 6.07) is 0. The number of aliphatic hydroxyl groups excluding tert-OH is 1. The summed E-state index contributed by atoms with van der Waals surface area (Å²) in [5.74, 6) is -1.61. The summed E-state index contributed by atoms with van der Waals surface area (Å²) in [5, 5.41) is 9.31. The third-order valence-electron chi connectivity index (χ3n) is 5.03. The smallest absolute Gasteiger partial charge is 0.336 e. The van der Waals surface area contributed by atoms with E-state index in [2.05, 4.69) is 19.2 Å². The Hall–Kier alpha value is -2.18. The fourth-order valence-electron chi connectivity index (χ4n) is 3.40. The van der Waals surface area contributed by atoms with Crippen molar-refractivity contribution in [2.75, 3.05) is 13.7 Å². The summed E-state index contributed by atoms with van der Waals surface area (Å²) < 4.78 is 16.2. The van der Waals surface area contributed by atoms with Crippen LogP contribution >= 0.6 is 0 Å². The van der Waals surface area contributed by atoms with Gasteiger partial charge in [-0.3, -0.25) is 0 Å². The molecule has 1 N–H and O–H groups in total. The molecule has 2 rings (SSSR count). The first kappa shape index (κ1) is 21.1. The molecule has 0 aromatic rings. The summed E-state index contributed by atoms with van der Waals surface area (Å²) in [6.45, 7) is 11.1. The number of methoxy groups -OCH3 is 1. The van der Waals surface area contributed by atoms with Gasteiger partial charge in [0.25, 0.3) is 0 Å². The van der Waals surface area contributed by atoms with Crippen LogP contribution in [0.3, 0.4) is 0 Å². The van der Waals surface area contributed by atoms with E-state index in [0.717, 1.165) is 24.0 Å². The summed E-state index contributed by atoms with van der Waals surface area (Å²) >= 11 is 0. The molecule has 0 aromatic heterocycles. The summed E-state index contributed by atoms with van der Waals surface area (Å²) in [4.78, 5) is 24.7. The number of carbonyl (C=O) groups excluding carboxylic acids is 2. The minimum Gasteiger partial charge on any atom is -0.458 e. The van der Waals surface area contributed by atoms with Crippen molar-refractivity contribution in [2.24, 2.45) is 5.92 Å². The van der Waals surface area contributed by atoms with E-state index in [4.69, 9.17) is 14.2 Å². The van der Waals surface area contributed by atoms with E-state index in [1.807, 2.05) is 19.9 Å². The second kappa shape index (κ2) is 9.15. The molecule has 0 unspecified atom stereocenters. The van der Waals surface area contributed by atoms with Gasteiger partial charge < -0.3 is 19.3 Å². The van der Waals surface area contributed by atoms with Crippen molar-refractivity contribution in [3.8, 4) is 0 Å². The van der Waals surface area contributed by atoms with Crippen LogP contribution < -0.4 is 0 Å². The van der Waals surface area contributed by atoms with Gasteiger partial charge in [0.1, 0.15) is 18.3 Å². The van der Waals surface area contributed by atoms with Crippen molar-refractivity contribution < 1.29 is 28.9 Å². The second-order valence-electron chi connectivity index (χ2n) is 7.10. The Morgan fingerprint density at radius 1 is 1.41 bits per heavy atom. The molecule has 0 saturated carbocycles. The van der Waals surface area contributed by atoms with Gasteiger partial charge in [-0.05, 0) is 32.8 Å². The fourth-order valence-corrected chi connectivity index (χ4v) is 3.40. The van der Waals surface area contributed by atoms with Gasteiger partial charge in [0, 0.05) is 19.1 Å². The number of carbonyl (C=O) groups is 2. The lowest BCUT2D eigenvalue weighted by Gasteiger charge is -2.28. The summed E-state index contributed by atoms with van der Waals surface area (Å²) in [5.41, 5.74) is 2.49. The van der Waals surface area contributed by atoms with Crippen LogP contribution in [0, 0.1) is 5.92 Å². The van der Waals surface area contributed by atoms with E-state index in [0.29, 0.717) is 12.0 Å². The van der Waals surface area contributed by atoms with Crippen LogP contribution in [0.5, 0.6) is 0 Å². The highest BCUT2D eigenvalue weighted by atomic mass is 16.6. The molecule has 27 heavy (non-hydrogen) atoms. The zero-order chi connectivity index (χ0) is 20.1. The van der Waals surface area contributed by atoms with Crippen LogP contribution in [-0.4, -0.2) is 49.1 Å². The van der Waals surface area contributed by atoms with Crippen molar-refractivity contribution in [1.29, 1.82) is 0 Å². The van der Waals surface area contributed by atoms with Crippen LogP contribution in [0.2, 0.25) is 0 Å². The molecule has 1 heterocycles. The Bertz CT molecular complexity index is 683. The van der Waals surface area contributed by atoms with Crippen molar-refractivity contribution in [2.45, 2.75) is 51.4 Å². The Kier molecular flexibility index (Phi) is 7.16. The molecule has 6 nitrogen and oxygen atoms in total. The monoisotopic (exact) mass is 376 g/mol. The van der Waals surface area contributed by atoms with Gasteiger partial charge in [-0.2, -0.15) is 0 Å². The first-order valence-corrected chi connectivity index (χ1v) is 9.04. The number of fused-ring (bicyclic) bond motifs is 1. The molecular weight excluding hydrogens is 348 g/mol. The maximum absolute atomic E-state index is 12.6. The molecule has 1 saturated heterocycles. The molecule has 4 atom stereocenters. The standard InChI is InChI=1S/C21H28O6/c1-12-7-6-8-13(2)10-17-19(15(4)21(24)27-17)16(9-12)26-20(23)14(3)18(11-22)25-5/h7,10,16-19,22H,3-4,6,8-9,11H2,1-2,5H3/b12-7+,13-10+/t16-,17-,18+,19-/m1/s1. The molecular formula is C21H28O6. The zero-order valence-corrected chi connectivity index (χ0v) is 16.2. The van der Waals surface area contributed by atoms with E-state index in [9.17, 15) is 14.7 Å². The minimum absolute atomic E-state index is 0.0258. The number of hydrogen-bond donors (Lipinski definition) is 1. The number of allylic oxidation sites excluding steroid dienone is 2. The maximum atomic E-state index is 12.6. The van der Waals surface area contributed by atoms with Crippen LogP contribution in [0.25, 0.3) is 0 Å². The molecule has 1 aliphatic carbocycles. The molecule has 0 amide bonds. The maximum Gasteiger partial charge on any atom is 0.336 e. The van der Waals surface area contributed by atoms with Crippen molar-refractivity contribution in [3.63, 3.8) is 0 Å². The largest absolute Gasteiger partial charge is 0.458 e. The lowest BCUT2D eigenvalue weighted by atomic mass is 9.85. The van der Waals surface area contributed by atoms with Gasteiger partial charge in [0.15, 0.2) is 0 Å². The molecule has 148 valence electrons. The van der Waals surface area contributed by atoms with Gasteiger partial charge in [0.2, 0.25) is 0 Å². The average molecular weight is 376 g/mol. The number of hydrogen-bond acceptors (Lipinski definition) is 6. The number of esters is 2.